The highest BCUT2D eigenvalue weighted by Crippen LogP contribution is 2.32. The summed E-state index contributed by atoms with van der Waals surface area (Å²) in [5.41, 5.74) is -0.365. The molecule has 8 heteroatoms. The third-order valence-corrected chi connectivity index (χ3v) is 3.26. The van der Waals surface area contributed by atoms with Crippen molar-refractivity contribution in [2.24, 2.45) is 0 Å². The van der Waals surface area contributed by atoms with Crippen LogP contribution in [0.3, 0.4) is 0 Å². The molecule has 1 aromatic heterocycles. The van der Waals surface area contributed by atoms with E-state index in [0.29, 0.717) is 5.95 Å². The molecule has 2 N–H and O–H groups in total. The highest BCUT2D eigenvalue weighted by Gasteiger charge is 2.45. The van der Waals surface area contributed by atoms with E-state index in [9.17, 15) is 15.0 Å². The number of methoxy groups -OCH3 is 1. The zero-order valence-corrected chi connectivity index (χ0v) is 11.6. The Morgan fingerprint density at radius 2 is 2.25 bits per heavy atom. The van der Waals surface area contributed by atoms with Crippen LogP contribution in [0.5, 0.6) is 0 Å². The number of aliphatic hydroxyl groups excluding tert-OH is 2. The summed E-state index contributed by atoms with van der Waals surface area (Å²) < 4.78 is 12.5. The van der Waals surface area contributed by atoms with Crippen molar-refractivity contribution in [2.75, 3.05) is 32.7 Å². The van der Waals surface area contributed by atoms with Gasteiger partial charge in [0.25, 0.3) is 5.56 Å². The van der Waals surface area contributed by atoms with Gasteiger partial charge in [0.05, 0.1) is 6.61 Å². The molecule has 0 radical (unpaired) electrons. The molecular formula is C12H19N3O5. The normalized spacial score (nSPS) is 29.6. The van der Waals surface area contributed by atoms with Crippen molar-refractivity contribution in [1.29, 1.82) is 0 Å². The Morgan fingerprint density at radius 3 is 2.80 bits per heavy atom. The number of rotatable bonds is 4. The fourth-order valence-electron chi connectivity index (χ4n) is 2.28. The maximum absolute atomic E-state index is 11.4. The Labute approximate surface area is 116 Å². The average molecular weight is 285 g/mol. The summed E-state index contributed by atoms with van der Waals surface area (Å²) in [6.45, 7) is -0.317. The topological polar surface area (TPSA) is 97.0 Å². The molecule has 1 fully saturated rings. The van der Waals surface area contributed by atoms with Crippen molar-refractivity contribution in [1.82, 2.24) is 9.55 Å². The van der Waals surface area contributed by atoms with Crippen molar-refractivity contribution in [3.8, 4) is 0 Å². The number of ether oxygens (including phenoxy) is 2. The quantitative estimate of drug-likeness (QED) is 0.700. The first kappa shape index (κ1) is 14.9. The number of anilines is 1. The number of nitrogens with zero attached hydrogens (tertiary/aromatic N) is 3. The number of hydrogen-bond donors (Lipinski definition) is 2. The first-order chi connectivity index (χ1) is 9.49. The van der Waals surface area contributed by atoms with Crippen molar-refractivity contribution < 1.29 is 19.7 Å². The zero-order chi connectivity index (χ0) is 14.9. The molecule has 0 amide bonds. The molecule has 4 atom stereocenters. The van der Waals surface area contributed by atoms with Crippen LogP contribution in [-0.4, -0.2) is 65.9 Å². The van der Waals surface area contributed by atoms with E-state index in [4.69, 9.17) is 9.47 Å². The molecule has 1 aromatic rings. The van der Waals surface area contributed by atoms with Gasteiger partial charge in [0.2, 0.25) is 5.95 Å². The molecule has 20 heavy (non-hydrogen) atoms. The monoisotopic (exact) mass is 285 g/mol. The summed E-state index contributed by atoms with van der Waals surface area (Å²) in [6.07, 6.45) is -1.48. The first-order valence-corrected chi connectivity index (χ1v) is 6.23. The second kappa shape index (κ2) is 5.88. The van der Waals surface area contributed by atoms with E-state index in [2.05, 4.69) is 4.98 Å². The summed E-state index contributed by atoms with van der Waals surface area (Å²) in [5.74, 6) is 0.385. The van der Waals surface area contributed by atoms with Crippen LogP contribution in [0.2, 0.25) is 0 Å². The van der Waals surface area contributed by atoms with Gasteiger partial charge in [-0.25, -0.2) is 0 Å². The Balaban J connectivity index is 2.42. The molecule has 0 aromatic carbocycles. The van der Waals surface area contributed by atoms with Crippen LogP contribution < -0.4 is 10.5 Å². The molecule has 112 valence electrons. The molecule has 2 heterocycles. The molecule has 1 aliphatic heterocycles. The van der Waals surface area contributed by atoms with Crippen LogP contribution in [0.25, 0.3) is 0 Å². The molecule has 0 aliphatic carbocycles. The van der Waals surface area contributed by atoms with Crippen molar-refractivity contribution in [3.05, 3.63) is 22.6 Å². The van der Waals surface area contributed by atoms with E-state index in [1.807, 2.05) is 0 Å². The van der Waals surface area contributed by atoms with Gasteiger partial charge in [-0.2, -0.15) is 4.98 Å². The maximum atomic E-state index is 11.4. The highest BCUT2D eigenvalue weighted by atomic mass is 16.6. The minimum absolute atomic E-state index is 0.317. The largest absolute Gasteiger partial charge is 0.394 e. The third-order valence-electron chi connectivity index (χ3n) is 3.26. The van der Waals surface area contributed by atoms with Gasteiger partial charge in [-0.3, -0.25) is 9.36 Å². The Kier molecular flexibility index (Phi) is 4.39. The standard InChI is InChI=1S/C12H19N3O5/c1-14(2)12-13-8(17)4-5-15(12)11-10(19-3)9(18)7(6-16)20-11/h4-5,7,9-11,16,18H,6H2,1-3H3/t7-,9-,10-,11-/m1/s1. The van der Waals surface area contributed by atoms with Gasteiger partial charge < -0.3 is 24.6 Å². The van der Waals surface area contributed by atoms with Gasteiger partial charge in [-0.15, -0.1) is 0 Å². The maximum Gasteiger partial charge on any atom is 0.274 e. The van der Waals surface area contributed by atoms with E-state index >= 15 is 0 Å². The molecule has 1 aliphatic rings. The zero-order valence-electron chi connectivity index (χ0n) is 11.6. The van der Waals surface area contributed by atoms with Crippen LogP contribution >= 0.6 is 0 Å². The fraction of sp³-hybridized carbons (Fsp3) is 0.667. The van der Waals surface area contributed by atoms with Gasteiger partial charge in [0, 0.05) is 33.5 Å². The Hall–Kier alpha value is -1.48. The smallest absolute Gasteiger partial charge is 0.274 e. The predicted octanol–water partition coefficient (Wildman–Crippen LogP) is -1.43. The van der Waals surface area contributed by atoms with Gasteiger partial charge in [-0.1, -0.05) is 0 Å². The average Bonchev–Trinajstić information content (AvgIpc) is 2.74. The molecular weight excluding hydrogens is 266 g/mol. The lowest BCUT2D eigenvalue weighted by atomic mass is 10.1. The number of aromatic nitrogens is 2. The second-order valence-corrected chi connectivity index (χ2v) is 4.81. The minimum Gasteiger partial charge on any atom is -0.394 e. The van der Waals surface area contributed by atoms with Gasteiger partial charge in [0.1, 0.15) is 18.3 Å². The minimum atomic E-state index is -0.954. The van der Waals surface area contributed by atoms with Crippen LogP contribution in [0.1, 0.15) is 6.23 Å². The van der Waals surface area contributed by atoms with Gasteiger partial charge in [-0.05, 0) is 0 Å². The number of aliphatic hydroxyl groups is 2. The Morgan fingerprint density at radius 1 is 1.55 bits per heavy atom. The summed E-state index contributed by atoms with van der Waals surface area (Å²) in [5, 5.41) is 19.3. The van der Waals surface area contributed by atoms with E-state index in [0.717, 1.165) is 0 Å². The lowest BCUT2D eigenvalue weighted by Crippen LogP contribution is -2.35. The van der Waals surface area contributed by atoms with Gasteiger partial charge >= 0.3 is 0 Å². The molecule has 8 nitrogen and oxygen atoms in total. The lowest BCUT2D eigenvalue weighted by molar-refractivity contribution is -0.0599. The van der Waals surface area contributed by atoms with E-state index in [1.54, 1.807) is 23.6 Å². The predicted molar refractivity (Wildman–Crippen MR) is 70.6 cm³/mol. The fourth-order valence-corrected chi connectivity index (χ4v) is 2.28. The third kappa shape index (κ3) is 2.55. The molecule has 1 saturated heterocycles. The molecule has 0 unspecified atom stereocenters. The van der Waals surface area contributed by atoms with Crippen molar-refractivity contribution >= 4 is 5.95 Å². The molecule has 0 spiro atoms. The van der Waals surface area contributed by atoms with Crippen LogP contribution in [0.4, 0.5) is 5.95 Å². The SMILES string of the molecule is CO[C@@H]1[C@H](O)[C@@H](CO)O[C@H]1n1ccc(=O)nc1N(C)C. The number of hydrogen-bond acceptors (Lipinski definition) is 7. The van der Waals surface area contributed by atoms with Crippen molar-refractivity contribution in [2.45, 2.75) is 24.5 Å². The summed E-state index contributed by atoms with van der Waals surface area (Å²) >= 11 is 0. The van der Waals surface area contributed by atoms with Crippen LogP contribution in [-0.2, 0) is 9.47 Å². The lowest BCUT2D eigenvalue weighted by Gasteiger charge is -2.25. The van der Waals surface area contributed by atoms with E-state index < -0.39 is 24.5 Å². The highest BCUT2D eigenvalue weighted by molar-refractivity contribution is 5.28. The summed E-state index contributed by atoms with van der Waals surface area (Å²) in [6, 6.07) is 1.31. The van der Waals surface area contributed by atoms with Crippen molar-refractivity contribution in [3.63, 3.8) is 0 Å². The Bertz CT molecular complexity index is 518. The summed E-state index contributed by atoms with van der Waals surface area (Å²) in [7, 11) is 4.94. The van der Waals surface area contributed by atoms with E-state index in [1.165, 1.54) is 19.4 Å². The molecule has 0 bridgehead atoms. The van der Waals surface area contributed by atoms with Crippen LogP contribution in [0, 0.1) is 0 Å². The molecule has 0 saturated carbocycles. The van der Waals surface area contributed by atoms with Gasteiger partial charge in [0.15, 0.2) is 6.23 Å². The molecule has 2 rings (SSSR count). The summed E-state index contributed by atoms with van der Waals surface area (Å²) in [4.78, 5) is 17.0. The van der Waals surface area contributed by atoms with E-state index in [-0.39, 0.29) is 12.2 Å². The van der Waals surface area contributed by atoms with Crippen LogP contribution in [0.15, 0.2) is 17.1 Å². The second-order valence-electron chi connectivity index (χ2n) is 4.81. The first-order valence-electron chi connectivity index (χ1n) is 6.23.